The summed E-state index contributed by atoms with van der Waals surface area (Å²) in [5.74, 6) is 0.988. The molecular weight excluding hydrogens is 392 g/mol. The third kappa shape index (κ3) is 2.52. The molecule has 0 fully saturated rings. The van der Waals surface area contributed by atoms with Crippen LogP contribution in [-0.2, 0) is 7.05 Å². The van der Waals surface area contributed by atoms with Crippen molar-refractivity contribution >= 4 is 33.1 Å². The molecule has 6 rings (SSSR count). The maximum absolute atomic E-state index is 4.62. The highest BCUT2D eigenvalue weighted by Crippen LogP contribution is 2.34. The van der Waals surface area contributed by atoms with E-state index in [9.17, 15) is 0 Å². The molecule has 0 saturated heterocycles. The van der Waals surface area contributed by atoms with Gasteiger partial charge in [0.1, 0.15) is 11.5 Å². The largest absolute Gasteiger partial charge is 0.353 e. The van der Waals surface area contributed by atoms with Gasteiger partial charge in [0.2, 0.25) is 0 Å². The third-order valence-corrected chi connectivity index (χ3v) is 6.36. The molecule has 0 amide bonds. The Balaban J connectivity index is 1.53. The molecule has 0 spiro atoms. The summed E-state index contributed by atoms with van der Waals surface area (Å²) in [5, 5.41) is 14.2. The highest BCUT2D eigenvalue weighted by molar-refractivity contribution is 7.08. The van der Waals surface area contributed by atoms with E-state index in [-0.39, 0.29) is 0 Å². The number of hydrogen-bond acceptors (Lipinski definition) is 4. The summed E-state index contributed by atoms with van der Waals surface area (Å²) in [6.07, 6.45) is 3.76. The minimum Gasteiger partial charge on any atom is -0.353 e. The van der Waals surface area contributed by atoms with Gasteiger partial charge in [0, 0.05) is 46.0 Å². The van der Waals surface area contributed by atoms with E-state index in [0.717, 1.165) is 61.5 Å². The Kier molecular flexibility index (Phi) is 3.66. The number of thiophene rings is 1. The molecule has 6 nitrogen and oxygen atoms in total. The first-order valence-electron chi connectivity index (χ1n) is 9.66. The number of imidazole rings is 1. The Bertz CT molecular complexity index is 1520. The number of aromatic nitrogens is 6. The molecule has 2 N–H and O–H groups in total. The fourth-order valence-corrected chi connectivity index (χ4v) is 4.60. The normalized spacial score (nSPS) is 11.7. The van der Waals surface area contributed by atoms with E-state index < -0.39 is 0 Å². The van der Waals surface area contributed by atoms with Gasteiger partial charge < -0.3 is 9.55 Å². The van der Waals surface area contributed by atoms with Crippen molar-refractivity contribution in [2.75, 3.05) is 0 Å². The molecule has 0 aliphatic rings. The highest BCUT2D eigenvalue weighted by Gasteiger charge is 2.15. The van der Waals surface area contributed by atoms with Gasteiger partial charge in [0.25, 0.3) is 0 Å². The van der Waals surface area contributed by atoms with E-state index in [1.165, 1.54) is 0 Å². The van der Waals surface area contributed by atoms with E-state index in [2.05, 4.69) is 70.8 Å². The average molecular weight is 411 g/mol. The van der Waals surface area contributed by atoms with Crippen LogP contribution in [0, 0.1) is 6.92 Å². The number of nitrogens with zero attached hydrogens (tertiary/aromatic N) is 4. The number of nitrogens with one attached hydrogen (secondary N) is 2. The molecule has 5 aromatic heterocycles. The zero-order chi connectivity index (χ0) is 20.2. The number of hydrogen-bond donors (Lipinski definition) is 2. The van der Waals surface area contributed by atoms with Gasteiger partial charge in [-0.1, -0.05) is 6.07 Å². The van der Waals surface area contributed by atoms with Crippen LogP contribution < -0.4 is 0 Å². The molecule has 0 atom stereocenters. The molecule has 0 aliphatic heterocycles. The van der Waals surface area contributed by atoms with Crippen LogP contribution >= 0.6 is 11.3 Å². The lowest BCUT2D eigenvalue weighted by atomic mass is 10.1. The molecule has 0 unspecified atom stereocenters. The Morgan fingerprint density at radius 3 is 2.63 bits per heavy atom. The summed E-state index contributed by atoms with van der Waals surface area (Å²) in [6.45, 7) is 2.01. The maximum atomic E-state index is 4.62. The van der Waals surface area contributed by atoms with Crippen LogP contribution in [0.5, 0.6) is 0 Å². The van der Waals surface area contributed by atoms with E-state index >= 15 is 0 Å². The van der Waals surface area contributed by atoms with Crippen LogP contribution in [0.1, 0.15) is 5.82 Å². The second-order valence-electron chi connectivity index (χ2n) is 7.40. The molecule has 30 heavy (non-hydrogen) atoms. The summed E-state index contributed by atoms with van der Waals surface area (Å²) in [4.78, 5) is 12.6. The number of fused-ring (bicyclic) bond motifs is 2. The minimum absolute atomic E-state index is 0.901. The summed E-state index contributed by atoms with van der Waals surface area (Å²) in [6, 6.07) is 12.6. The molecule has 7 heteroatoms. The number of rotatable bonds is 3. The van der Waals surface area contributed by atoms with E-state index in [4.69, 9.17) is 0 Å². The van der Waals surface area contributed by atoms with Gasteiger partial charge in [-0.2, -0.15) is 16.4 Å². The molecular formula is C23H18N6S. The molecule has 5 heterocycles. The summed E-state index contributed by atoms with van der Waals surface area (Å²) >= 11 is 1.68. The van der Waals surface area contributed by atoms with Crippen molar-refractivity contribution in [1.82, 2.24) is 29.7 Å². The molecule has 1 aromatic carbocycles. The average Bonchev–Trinajstić information content (AvgIpc) is 3.54. The predicted octanol–water partition coefficient (Wildman–Crippen LogP) is 5.54. The topological polar surface area (TPSA) is 75.2 Å². The fraction of sp³-hybridized carbons (Fsp3) is 0.0870. The highest BCUT2D eigenvalue weighted by atomic mass is 32.1. The lowest BCUT2D eigenvalue weighted by molar-refractivity contribution is 0.865. The predicted molar refractivity (Wildman–Crippen MR) is 121 cm³/mol. The first-order valence-corrected chi connectivity index (χ1v) is 10.6. The van der Waals surface area contributed by atoms with Crippen LogP contribution in [-0.4, -0.2) is 29.7 Å². The van der Waals surface area contributed by atoms with Crippen molar-refractivity contribution in [1.29, 1.82) is 0 Å². The first kappa shape index (κ1) is 17.2. The minimum atomic E-state index is 0.901. The second-order valence-corrected chi connectivity index (χ2v) is 8.18. The van der Waals surface area contributed by atoms with Gasteiger partial charge in [-0.3, -0.25) is 10.1 Å². The zero-order valence-corrected chi connectivity index (χ0v) is 17.3. The fourth-order valence-electron chi connectivity index (χ4n) is 3.96. The second kappa shape index (κ2) is 6.40. The van der Waals surface area contributed by atoms with Crippen LogP contribution in [0.15, 0.2) is 59.6 Å². The lowest BCUT2D eigenvalue weighted by Crippen LogP contribution is -1.94. The molecule has 0 bridgehead atoms. The van der Waals surface area contributed by atoms with Gasteiger partial charge in [-0.05, 0) is 42.6 Å². The molecule has 146 valence electrons. The van der Waals surface area contributed by atoms with Crippen LogP contribution in [0.2, 0.25) is 0 Å². The number of pyridine rings is 1. The van der Waals surface area contributed by atoms with Gasteiger partial charge in [-0.15, -0.1) is 0 Å². The molecule has 0 saturated carbocycles. The van der Waals surface area contributed by atoms with Crippen molar-refractivity contribution in [2.45, 2.75) is 6.92 Å². The number of aromatic amines is 2. The zero-order valence-electron chi connectivity index (χ0n) is 16.5. The number of H-pyrrole nitrogens is 2. The standard InChI is InChI=1S/C23H18N6S/c1-13-25-11-21(29(13)2)14-3-4-19-16(9-14)23(28-27-19)20-10-17-18(26-20)5-7-24-22(17)15-6-8-30-12-15/h3-12,26H,1-2H3,(H,27,28). The summed E-state index contributed by atoms with van der Waals surface area (Å²) < 4.78 is 2.10. The van der Waals surface area contributed by atoms with Gasteiger partial charge >= 0.3 is 0 Å². The third-order valence-electron chi connectivity index (χ3n) is 5.68. The smallest absolute Gasteiger partial charge is 0.116 e. The number of benzene rings is 1. The van der Waals surface area contributed by atoms with Crippen molar-refractivity contribution < 1.29 is 0 Å². The van der Waals surface area contributed by atoms with Gasteiger partial charge in [0.15, 0.2) is 0 Å². The van der Waals surface area contributed by atoms with Crippen molar-refractivity contribution in [3.05, 3.63) is 65.4 Å². The Morgan fingerprint density at radius 1 is 0.933 bits per heavy atom. The van der Waals surface area contributed by atoms with E-state index in [1.54, 1.807) is 11.3 Å². The van der Waals surface area contributed by atoms with Crippen LogP contribution in [0.4, 0.5) is 0 Å². The van der Waals surface area contributed by atoms with Gasteiger partial charge in [-0.25, -0.2) is 4.98 Å². The Hall–Kier alpha value is -3.71. The quantitative estimate of drug-likeness (QED) is 0.402. The Morgan fingerprint density at radius 2 is 1.83 bits per heavy atom. The van der Waals surface area contributed by atoms with Gasteiger partial charge in [0.05, 0.1) is 28.8 Å². The molecule has 0 aliphatic carbocycles. The Labute approximate surface area is 176 Å². The van der Waals surface area contributed by atoms with Crippen LogP contribution in [0.25, 0.3) is 55.7 Å². The lowest BCUT2D eigenvalue weighted by Gasteiger charge is -2.04. The SMILES string of the molecule is Cc1ncc(-c2ccc3[nH]nc(-c4cc5c(-c6ccsc6)nccc5[nH]4)c3c2)n1C. The molecule has 0 radical (unpaired) electrons. The summed E-state index contributed by atoms with van der Waals surface area (Å²) in [7, 11) is 2.04. The van der Waals surface area contributed by atoms with E-state index in [1.807, 2.05) is 32.4 Å². The molecule has 6 aromatic rings. The summed E-state index contributed by atoms with van der Waals surface area (Å²) in [5.41, 5.74) is 8.25. The monoisotopic (exact) mass is 410 g/mol. The van der Waals surface area contributed by atoms with E-state index in [0.29, 0.717) is 0 Å². The first-order chi connectivity index (χ1) is 14.7. The van der Waals surface area contributed by atoms with Crippen molar-refractivity contribution in [3.63, 3.8) is 0 Å². The van der Waals surface area contributed by atoms with Crippen molar-refractivity contribution in [2.24, 2.45) is 7.05 Å². The maximum Gasteiger partial charge on any atom is 0.116 e. The van der Waals surface area contributed by atoms with Crippen LogP contribution in [0.3, 0.4) is 0 Å². The van der Waals surface area contributed by atoms with Crippen molar-refractivity contribution in [3.8, 4) is 33.9 Å². The number of aryl methyl sites for hydroxylation is 1.